The van der Waals surface area contributed by atoms with Crippen LogP contribution in [0.15, 0.2) is 12.1 Å². The fourth-order valence-electron chi connectivity index (χ4n) is 1.87. The smallest absolute Gasteiger partial charge is 0.221 e. The van der Waals surface area contributed by atoms with Crippen LogP contribution in [-0.2, 0) is 9.53 Å². The van der Waals surface area contributed by atoms with Crippen molar-refractivity contribution in [1.82, 2.24) is 10.6 Å². The number of hydrogen-bond acceptors (Lipinski definition) is 5. The highest BCUT2D eigenvalue weighted by molar-refractivity contribution is 7.16. The number of carbonyl (C=O) groups excluding carboxylic acids is 1. The van der Waals surface area contributed by atoms with Gasteiger partial charge in [0.1, 0.15) is 6.10 Å². The molecule has 5 nitrogen and oxygen atoms in total. The van der Waals surface area contributed by atoms with Crippen molar-refractivity contribution in [3.05, 3.63) is 21.3 Å². The van der Waals surface area contributed by atoms with Gasteiger partial charge in [-0.25, -0.2) is 0 Å². The molecule has 3 N–H and O–H groups in total. The SMILES string of the molecule is Cl.O=C(CC1COCCN1)NCC(O)c1ccc(Cl)s1. The molecule has 2 heterocycles. The van der Waals surface area contributed by atoms with Gasteiger partial charge in [0.05, 0.1) is 17.6 Å². The van der Waals surface area contributed by atoms with Gasteiger partial charge >= 0.3 is 0 Å². The third-order valence-electron chi connectivity index (χ3n) is 2.85. The molecule has 1 aromatic heterocycles. The molecule has 0 aromatic carbocycles. The van der Waals surface area contributed by atoms with Crippen LogP contribution in [0.4, 0.5) is 0 Å². The van der Waals surface area contributed by atoms with E-state index in [0.717, 1.165) is 11.4 Å². The fraction of sp³-hybridized carbons (Fsp3) is 0.583. The predicted octanol–water partition coefficient (Wildman–Crippen LogP) is 1.35. The Morgan fingerprint density at radius 3 is 3.05 bits per heavy atom. The summed E-state index contributed by atoms with van der Waals surface area (Å²) in [6, 6.07) is 3.55. The summed E-state index contributed by atoms with van der Waals surface area (Å²) in [6.07, 6.45) is -0.352. The van der Waals surface area contributed by atoms with Crippen LogP contribution in [0.3, 0.4) is 0 Å². The molecule has 0 radical (unpaired) electrons. The molecule has 2 unspecified atom stereocenters. The van der Waals surface area contributed by atoms with Gasteiger partial charge in [-0.05, 0) is 12.1 Å². The summed E-state index contributed by atoms with van der Waals surface area (Å²) < 4.78 is 5.90. The Balaban J connectivity index is 0.00000200. The van der Waals surface area contributed by atoms with E-state index in [1.165, 1.54) is 11.3 Å². The number of halogens is 2. The molecule has 0 saturated carbocycles. The van der Waals surface area contributed by atoms with Crippen LogP contribution in [0.1, 0.15) is 17.4 Å². The number of nitrogens with one attached hydrogen (secondary N) is 2. The molecule has 1 amide bonds. The average Bonchev–Trinajstić information content (AvgIpc) is 2.84. The highest BCUT2D eigenvalue weighted by atomic mass is 35.5. The summed E-state index contributed by atoms with van der Waals surface area (Å²) >= 11 is 7.11. The number of aliphatic hydroxyl groups excluding tert-OH is 1. The van der Waals surface area contributed by atoms with E-state index in [1.54, 1.807) is 12.1 Å². The second-order valence-electron chi connectivity index (χ2n) is 4.39. The van der Waals surface area contributed by atoms with Crippen molar-refractivity contribution < 1.29 is 14.6 Å². The van der Waals surface area contributed by atoms with Crippen LogP contribution in [0.5, 0.6) is 0 Å². The summed E-state index contributed by atoms with van der Waals surface area (Å²) in [5.74, 6) is -0.0929. The zero-order chi connectivity index (χ0) is 13.7. The standard InChI is InChI=1S/C12H17ClN2O3S.ClH/c13-11-2-1-10(19-11)9(16)6-15-12(17)5-8-7-18-4-3-14-8;/h1-2,8-9,14,16H,3-7H2,(H,15,17);1H. The number of amides is 1. The maximum atomic E-state index is 11.7. The number of morpholine rings is 1. The summed E-state index contributed by atoms with van der Waals surface area (Å²) in [5, 5.41) is 15.8. The van der Waals surface area contributed by atoms with Gasteiger partial charge in [0.2, 0.25) is 5.91 Å². The van der Waals surface area contributed by atoms with E-state index in [2.05, 4.69) is 10.6 Å². The molecular weight excluding hydrogens is 323 g/mol. The first-order chi connectivity index (χ1) is 9.15. The number of carbonyl (C=O) groups is 1. The minimum Gasteiger partial charge on any atom is -0.386 e. The Morgan fingerprint density at radius 1 is 1.65 bits per heavy atom. The molecule has 1 aliphatic rings. The van der Waals surface area contributed by atoms with Gasteiger partial charge in [0.25, 0.3) is 0 Å². The lowest BCUT2D eigenvalue weighted by molar-refractivity contribution is -0.122. The van der Waals surface area contributed by atoms with Crippen molar-refractivity contribution in [1.29, 1.82) is 0 Å². The molecule has 1 fully saturated rings. The third kappa shape index (κ3) is 5.55. The molecule has 1 aromatic rings. The number of aliphatic hydroxyl groups is 1. The summed E-state index contributed by atoms with van der Waals surface area (Å²) in [5.41, 5.74) is 0. The van der Waals surface area contributed by atoms with Gasteiger partial charge in [0.15, 0.2) is 0 Å². The zero-order valence-corrected chi connectivity index (χ0v) is 13.2. The van der Waals surface area contributed by atoms with Crippen molar-refractivity contribution in [2.24, 2.45) is 0 Å². The maximum absolute atomic E-state index is 11.7. The largest absolute Gasteiger partial charge is 0.386 e. The number of thiophene rings is 1. The maximum Gasteiger partial charge on any atom is 0.221 e. The molecule has 0 bridgehead atoms. The van der Waals surface area contributed by atoms with E-state index in [9.17, 15) is 9.90 Å². The number of hydrogen-bond donors (Lipinski definition) is 3. The highest BCUT2D eigenvalue weighted by Crippen LogP contribution is 2.26. The Hall–Kier alpha value is -0.370. The zero-order valence-electron chi connectivity index (χ0n) is 10.8. The highest BCUT2D eigenvalue weighted by Gasteiger charge is 2.18. The van der Waals surface area contributed by atoms with Crippen LogP contribution < -0.4 is 10.6 Å². The van der Waals surface area contributed by atoms with Crippen LogP contribution in [0, 0.1) is 0 Å². The van der Waals surface area contributed by atoms with Crippen LogP contribution in [-0.4, -0.2) is 43.4 Å². The lowest BCUT2D eigenvalue weighted by Crippen LogP contribution is -2.44. The van der Waals surface area contributed by atoms with E-state index in [0.29, 0.717) is 24.0 Å². The molecule has 0 aliphatic carbocycles. The number of rotatable bonds is 5. The van der Waals surface area contributed by atoms with E-state index in [-0.39, 0.29) is 30.9 Å². The van der Waals surface area contributed by atoms with Crippen LogP contribution >= 0.6 is 35.3 Å². The minimum absolute atomic E-state index is 0. The van der Waals surface area contributed by atoms with Gasteiger partial charge < -0.3 is 20.5 Å². The minimum atomic E-state index is -0.711. The van der Waals surface area contributed by atoms with E-state index >= 15 is 0 Å². The van der Waals surface area contributed by atoms with Crippen molar-refractivity contribution in [2.75, 3.05) is 26.3 Å². The molecular formula is C12H18Cl2N2O3S. The Labute approximate surface area is 133 Å². The fourth-order valence-corrected chi connectivity index (χ4v) is 2.91. The van der Waals surface area contributed by atoms with Gasteiger partial charge in [0, 0.05) is 30.4 Å². The topological polar surface area (TPSA) is 70.6 Å². The third-order valence-corrected chi connectivity index (χ3v) is 4.18. The lowest BCUT2D eigenvalue weighted by Gasteiger charge is -2.23. The summed E-state index contributed by atoms with van der Waals surface area (Å²) in [4.78, 5) is 12.5. The molecule has 2 rings (SSSR count). The van der Waals surface area contributed by atoms with E-state index < -0.39 is 6.10 Å². The summed E-state index contributed by atoms with van der Waals surface area (Å²) in [6.45, 7) is 2.21. The molecule has 2 atom stereocenters. The molecule has 8 heteroatoms. The van der Waals surface area contributed by atoms with Gasteiger partial charge in [-0.2, -0.15) is 0 Å². The van der Waals surface area contributed by atoms with Crippen LogP contribution in [0.2, 0.25) is 4.34 Å². The van der Waals surface area contributed by atoms with Crippen molar-refractivity contribution in [3.63, 3.8) is 0 Å². The van der Waals surface area contributed by atoms with Crippen molar-refractivity contribution in [2.45, 2.75) is 18.6 Å². The number of ether oxygens (including phenoxy) is 1. The van der Waals surface area contributed by atoms with Gasteiger partial charge in [-0.3, -0.25) is 4.79 Å². The Kier molecular flexibility index (Phi) is 7.79. The Bertz CT molecular complexity index is 425. The van der Waals surface area contributed by atoms with Crippen molar-refractivity contribution in [3.8, 4) is 0 Å². The molecule has 1 aliphatic heterocycles. The summed E-state index contributed by atoms with van der Waals surface area (Å²) in [7, 11) is 0. The van der Waals surface area contributed by atoms with Crippen molar-refractivity contribution >= 4 is 41.3 Å². The first-order valence-electron chi connectivity index (χ1n) is 6.16. The first-order valence-corrected chi connectivity index (χ1v) is 7.35. The molecule has 20 heavy (non-hydrogen) atoms. The van der Waals surface area contributed by atoms with Gasteiger partial charge in [-0.15, -0.1) is 23.7 Å². The monoisotopic (exact) mass is 340 g/mol. The quantitative estimate of drug-likeness (QED) is 0.756. The molecule has 114 valence electrons. The second-order valence-corrected chi connectivity index (χ2v) is 6.14. The first kappa shape index (κ1) is 17.7. The molecule has 1 saturated heterocycles. The second kappa shape index (κ2) is 8.81. The average molecular weight is 341 g/mol. The normalized spacial score (nSPS) is 20.0. The predicted molar refractivity (Wildman–Crippen MR) is 81.8 cm³/mol. The molecule has 0 spiro atoms. The van der Waals surface area contributed by atoms with E-state index in [1.807, 2.05) is 0 Å². The van der Waals surface area contributed by atoms with Gasteiger partial charge in [-0.1, -0.05) is 11.6 Å². The lowest BCUT2D eigenvalue weighted by atomic mass is 10.2. The van der Waals surface area contributed by atoms with Crippen LogP contribution in [0.25, 0.3) is 0 Å². The van der Waals surface area contributed by atoms with E-state index in [4.69, 9.17) is 16.3 Å². The Morgan fingerprint density at radius 2 is 2.45 bits per heavy atom.